The van der Waals surface area contributed by atoms with Crippen LogP contribution in [0.4, 0.5) is 5.82 Å². The average Bonchev–Trinajstić information content (AvgIpc) is 3.17. The first-order valence-corrected chi connectivity index (χ1v) is 8.00. The number of ether oxygens (including phenoxy) is 1. The van der Waals surface area contributed by atoms with E-state index >= 15 is 0 Å². The Hall–Kier alpha value is -2.26. The lowest BCUT2D eigenvalue weighted by Crippen LogP contribution is -2.42. The van der Waals surface area contributed by atoms with Gasteiger partial charge in [0.1, 0.15) is 11.9 Å². The number of H-pyrrole nitrogens is 1. The molecule has 1 fully saturated rings. The molecule has 2 aromatic rings. The quantitative estimate of drug-likeness (QED) is 0.846. The smallest absolute Gasteiger partial charge is 0.239 e. The van der Waals surface area contributed by atoms with Gasteiger partial charge >= 0.3 is 0 Å². The second-order valence-corrected chi connectivity index (χ2v) is 6.20. The summed E-state index contributed by atoms with van der Waals surface area (Å²) in [5.74, 6) is 2.68. The minimum Gasteiger partial charge on any atom is -0.368 e. The third-order valence-electron chi connectivity index (χ3n) is 3.75. The van der Waals surface area contributed by atoms with Crippen LogP contribution in [0.25, 0.3) is 0 Å². The van der Waals surface area contributed by atoms with Crippen molar-refractivity contribution in [3.63, 3.8) is 0 Å². The summed E-state index contributed by atoms with van der Waals surface area (Å²) < 4.78 is 10.7. The van der Waals surface area contributed by atoms with E-state index in [9.17, 15) is 4.79 Å². The van der Waals surface area contributed by atoms with Gasteiger partial charge in [-0.15, -0.1) is 0 Å². The van der Waals surface area contributed by atoms with Crippen LogP contribution >= 0.6 is 0 Å². The Labute approximate surface area is 139 Å². The van der Waals surface area contributed by atoms with E-state index in [1.165, 1.54) is 0 Å². The lowest BCUT2D eigenvalue weighted by atomic mass is 10.2. The number of amides is 1. The normalized spacial score (nSPS) is 18.9. The summed E-state index contributed by atoms with van der Waals surface area (Å²) in [4.78, 5) is 18.6. The number of nitrogens with one attached hydrogen (secondary N) is 2. The van der Waals surface area contributed by atoms with Crippen LogP contribution in [-0.4, -0.2) is 57.4 Å². The molecule has 1 aliphatic heterocycles. The molecule has 1 amide bonds. The average molecular weight is 334 g/mol. The molecular weight excluding hydrogens is 312 g/mol. The van der Waals surface area contributed by atoms with Crippen molar-refractivity contribution in [2.24, 2.45) is 0 Å². The van der Waals surface area contributed by atoms with E-state index in [1.807, 2.05) is 18.7 Å². The number of nitrogens with zero attached hydrogens (tertiary/aromatic N) is 4. The zero-order valence-electron chi connectivity index (χ0n) is 14.1. The number of hydrogen-bond acceptors (Lipinski definition) is 7. The van der Waals surface area contributed by atoms with Gasteiger partial charge in [-0.25, -0.2) is 4.98 Å². The molecule has 2 N–H and O–H groups in total. The maximum Gasteiger partial charge on any atom is 0.239 e. The Morgan fingerprint density at radius 3 is 3.04 bits per heavy atom. The first-order chi connectivity index (χ1) is 11.5. The van der Waals surface area contributed by atoms with Crippen molar-refractivity contribution < 1.29 is 14.1 Å². The highest BCUT2D eigenvalue weighted by Gasteiger charge is 2.26. The Bertz CT molecular complexity index is 695. The summed E-state index contributed by atoms with van der Waals surface area (Å²) in [5, 5.41) is 13.6. The second-order valence-electron chi connectivity index (χ2n) is 6.20. The SMILES string of the molecule is Cc1cc(NC(=O)CN2CCOC(c3nc(C(C)C)n[nH]3)C2)no1. The summed E-state index contributed by atoms with van der Waals surface area (Å²) in [7, 11) is 0. The highest BCUT2D eigenvalue weighted by atomic mass is 16.5. The van der Waals surface area contributed by atoms with Gasteiger partial charge in [0.05, 0.1) is 13.2 Å². The van der Waals surface area contributed by atoms with Crippen molar-refractivity contribution >= 4 is 11.7 Å². The number of aromatic nitrogens is 4. The summed E-state index contributed by atoms with van der Waals surface area (Å²) in [6.45, 7) is 7.92. The summed E-state index contributed by atoms with van der Waals surface area (Å²) in [6, 6.07) is 1.68. The molecule has 1 atom stereocenters. The molecule has 2 aromatic heterocycles. The molecule has 3 rings (SSSR count). The Morgan fingerprint density at radius 1 is 1.54 bits per heavy atom. The first-order valence-electron chi connectivity index (χ1n) is 8.00. The Balaban J connectivity index is 1.55. The number of anilines is 1. The number of aryl methyl sites for hydroxylation is 1. The van der Waals surface area contributed by atoms with Gasteiger partial charge in [0.15, 0.2) is 17.5 Å². The molecule has 0 aliphatic carbocycles. The highest BCUT2D eigenvalue weighted by Crippen LogP contribution is 2.20. The predicted octanol–water partition coefficient (Wildman–Crippen LogP) is 1.24. The second kappa shape index (κ2) is 7.10. The van der Waals surface area contributed by atoms with Gasteiger partial charge in [-0.1, -0.05) is 19.0 Å². The number of aromatic amines is 1. The molecule has 9 heteroatoms. The minimum atomic E-state index is -0.208. The van der Waals surface area contributed by atoms with E-state index in [2.05, 4.69) is 25.7 Å². The molecule has 0 radical (unpaired) electrons. The maximum absolute atomic E-state index is 12.1. The largest absolute Gasteiger partial charge is 0.368 e. The number of carbonyl (C=O) groups is 1. The van der Waals surface area contributed by atoms with Crippen LogP contribution < -0.4 is 5.32 Å². The molecule has 0 spiro atoms. The molecule has 0 aromatic carbocycles. The van der Waals surface area contributed by atoms with Crippen LogP contribution in [0.2, 0.25) is 0 Å². The lowest BCUT2D eigenvalue weighted by Gasteiger charge is -2.31. The van der Waals surface area contributed by atoms with Crippen LogP contribution in [0, 0.1) is 6.92 Å². The third kappa shape index (κ3) is 3.98. The van der Waals surface area contributed by atoms with Crippen LogP contribution in [0.5, 0.6) is 0 Å². The summed E-state index contributed by atoms with van der Waals surface area (Å²) >= 11 is 0. The van der Waals surface area contributed by atoms with Gasteiger partial charge in [0, 0.05) is 25.1 Å². The van der Waals surface area contributed by atoms with Crippen molar-refractivity contribution in [2.45, 2.75) is 32.8 Å². The molecule has 0 bridgehead atoms. The molecule has 9 nitrogen and oxygen atoms in total. The van der Waals surface area contributed by atoms with E-state index in [1.54, 1.807) is 13.0 Å². The molecule has 0 saturated carbocycles. The van der Waals surface area contributed by atoms with E-state index in [4.69, 9.17) is 9.26 Å². The Kier molecular flexibility index (Phi) is 4.91. The van der Waals surface area contributed by atoms with E-state index in [0.29, 0.717) is 37.1 Å². The third-order valence-corrected chi connectivity index (χ3v) is 3.75. The molecule has 1 unspecified atom stereocenters. The zero-order chi connectivity index (χ0) is 17.1. The maximum atomic E-state index is 12.1. The molecule has 24 heavy (non-hydrogen) atoms. The van der Waals surface area contributed by atoms with Gasteiger partial charge in [0.2, 0.25) is 5.91 Å². The Morgan fingerprint density at radius 2 is 2.38 bits per heavy atom. The van der Waals surface area contributed by atoms with Crippen molar-refractivity contribution in [3.05, 3.63) is 23.5 Å². The van der Waals surface area contributed by atoms with Gasteiger partial charge < -0.3 is 14.6 Å². The summed E-state index contributed by atoms with van der Waals surface area (Å²) in [6.07, 6.45) is -0.208. The standard InChI is InChI=1S/C15H22N6O3/c1-9(2)14-17-15(19-18-14)11-7-21(4-5-23-11)8-13(22)16-12-6-10(3)24-20-12/h6,9,11H,4-5,7-8H2,1-3H3,(H,16,20,22)(H,17,18,19). The number of carbonyl (C=O) groups excluding carboxylic acids is 1. The topological polar surface area (TPSA) is 109 Å². The summed E-state index contributed by atoms with van der Waals surface area (Å²) in [5.41, 5.74) is 0. The van der Waals surface area contributed by atoms with Crippen molar-refractivity contribution in [2.75, 3.05) is 31.6 Å². The highest BCUT2D eigenvalue weighted by molar-refractivity contribution is 5.91. The van der Waals surface area contributed by atoms with Crippen LogP contribution in [0.3, 0.4) is 0 Å². The van der Waals surface area contributed by atoms with Gasteiger partial charge in [-0.3, -0.25) is 14.8 Å². The fourth-order valence-electron chi connectivity index (χ4n) is 2.51. The van der Waals surface area contributed by atoms with Gasteiger partial charge in [-0.2, -0.15) is 5.10 Å². The van der Waals surface area contributed by atoms with Crippen LogP contribution in [0.1, 0.15) is 43.3 Å². The number of morpholine rings is 1. The molecular formula is C15H22N6O3. The van der Waals surface area contributed by atoms with E-state index < -0.39 is 0 Å². The first kappa shape index (κ1) is 16.6. The van der Waals surface area contributed by atoms with Crippen molar-refractivity contribution in [1.82, 2.24) is 25.2 Å². The molecule has 130 valence electrons. The molecule has 3 heterocycles. The lowest BCUT2D eigenvalue weighted by molar-refractivity contribution is -0.119. The van der Waals surface area contributed by atoms with Crippen molar-refractivity contribution in [1.29, 1.82) is 0 Å². The van der Waals surface area contributed by atoms with Crippen LogP contribution in [-0.2, 0) is 9.53 Å². The fourth-order valence-corrected chi connectivity index (χ4v) is 2.51. The minimum absolute atomic E-state index is 0.135. The predicted molar refractivity (Wildman–Crippen MR) is 85.5 cm³/mol. The van der Waals surface area contributed by atoms with E-state index in [-0.39, 0.29) is 24.5 Å². The number of hydrogen-bond donors (Lipinski definition) is 2. The number of rotatable bonds is 5. The van der Waals surface area contributed by atoms with Gasteiger partial charge in [-0.05, 0) is 6.92 Å². The zero-order valence-corrected chi connectivity index (χ0v) is 14.1. The van der Waals surface area contributed by atoms with E-state index in [0.717, 1.165) is 5.82 Å². The van der Waals surface area contributed by atoms with Gasteiger partial charge in [0.25, 0.3) is 0 Å². The monoisotopic (exact) mass is 334 g/mol. The van der Waals surface area contributed by atoms with Crippen LogP contribution in [0.15, 0.2) is 10.6 Å². The molecule has 1 saturated heterocycles. The molecule has 1 aliphatic rings. The fraction of sp³-hybridized carbons (Fsp3) is 0.600. The van der Waals surface area contributed by atoms with Crippen molar-refractivity contribution in [3.8, 4) is 0 Å².